The van der Waals surface area contributed by atoms with Crippen molar-refractivity contribution < 1.29 is 50.2 Å². The first-order valence-corrected chi connectivity index (χ1v) is 9.70. The second-order valence-electron chi connectivity index (χ2n) is 6.37. The van der Waals surface area contributed by atoms with Crippen molar-refractivity contribution in [2.24, 2.45) is 0 Å². The van der Waals surface area contributed by atoms with E-state index in [0.29, 0.717) is 0 Å². The van der Waals surface area contributed by atoms with Gasteiger partial charge in [-0.25, -0.2) is 0 Å². The van der Waals surface area contributed by atoms with E-state index >= 15 is 0 Å². The Kier molecular flexibility index (Phi) is 7.41. The van der Waals surface area contributed by atoms with Crippen molar-refractivity contribution in [3.8, 4) is 34.5 Å². The van der Waals surface area contributed by atoms with Crippen LogP contribution in [0.5, 0.6) is 34.5 Å². The molecule has 0 atom stereocenters. The van der Waals surface area contributed by atoms with Crippen LogP contribution in [0.15, 0.2) is 54.6 Å². The van der Waals surface area contributed by atoms with Gasteiger partial charge in [-0.2, -0.15) is 0 Å². The molecule has 0 aliphatic heterocycles. The molecule has 0 spiro atoms. The Balaban J connectivity index is 1.86. The number of rotatable bonds is 7. The van der Waals surface area contributed by atoms with Crippen LogP contribution >= 0.6 is 23.2 Å². The second-order valence-corrected chi connectivity index (χ2v) is 7.19. The first-order chi connectivity index (χ1) is 16.2. The van der Waals surface area contributed by atoms with Crippen molar-refractivity contribution in [2.75, 3.05) is 0 Å². The van der Waals surface area contributed by atoms with Gasteiger partial charge in [-0.05, 0) is 30.3 Å². The summed E-state index contributed by atoms with van der Waals surface area (Å²) in [6.07, 6.45) is -9.90. The second kappa shape index (κ2) is 9.96. The first-order valence-electron chi connectivity index (χ1n) is 8.95. The van der Waals surface area contributed by atoms with Crippen LogP contribution in [-0.4, -0.2) is 17.6 Å². The molecule has 3 aromatic rings. The summed E-state index contributed by atoms with van der Waals surface area (Å²) in [6.45, 7) is 0. The highest BCUT2D eigenvalue weighted by Gasteiger charge is 2.32. The molecule has 0 fully saturated rings. The average Bonchev–Trinajstić information content (AvgIpc) is 2.70. The van der Waals surface area contributed by atoms with Gasteiger partial charge >= 0.3 is 18.4 Å². The third kappa shape index (κ3) is 7.45. The van der Waals surface area contributed by atoms with Gasteiger partial charge in [-0.15, -0.1) is 26.3 Å². The standard InChI is InChI=1S/C20H9Cl2F6NO6/c21-13-7-11(34-19(23,24)25)2-5-16(13)32-10-1-4-15(29(30)31)18(9-10)33-17-6-3-12(8-14(17)22)35-20(26,27)28/h1-9H. The summed E-state index contributed by atoms with van der Waals surface area (Å²) in [6, 6.07) is 8.72. The molecule has 3 aromatic carbocycles. The molecule has 0 unspecified atom stereocenters. The third-order valence-corrected chi connectivity index (χ3v) is 4.44. The Morgan fingerprint density at radius 2 is 1.11 bits per heavy atom. The summed E-state index contributed by atoms with van der Waals surface area (Å²) in [4.78, 5) is 10.6. The molecule has 0 aliphatic carbocycles. The molecule has 3 rings (SSSR count). The molecule has 0 aromatic heterocycles. The Hall–Kier alpha value is -3.58. The zero-order chi connectivity index (χ0) is 26.0. The molecular weight excluding hydrogens is 535 g/mol. The number of nitro benzene ring substituents is 1. The maximum Gasteiger partial charge on any atom is 0.573 e. The highest BCUT2D eigenvalue weighted by molar-refractivity contribution is 6.32. The van der Waals surface area contributed by atoms with Crippen LogP contribution in [-0.2, 0) is 0 Å². The van der Waals surface area contributed by atoms with Gasteiger partial charge < -0.3 is 18.9 Å². The molecule has 0 heterocycles. The Morgan fingerprint density at radius 3 is 1.54 bits per heavy atom. The van der Waals surface area contributed by atoms with Crippen LogP contribution in [0.4, 0.5) is 32.0 Å². The van der Waals surface area contributed by atoms with Crippen LogP contribution in [0, 0.1) is 10.1 Å². The predicted molar refractivity (Wildman–Crippen MR) is 110 cm³/mol. The summed E-state index contributed by atoms with van der Waals surface area (Å²) >= 11 is 11.8. The smallest absolute Gasteiger partial charge is 0.456 e. The average molecular weight is 544 g/mol. The monoisotopic (exact) mass is 543 g/mol. The fourth-order valence-corrected chi connectivity index (χ4v) is 2.98. The van der Waals surface area contributed by atoms with E-state index in [1.165, 1.54) is 0 Å². The minimum absolute atomic E-state index is 0.0786. The molecule has 0 bridgehead atoms. The van der Waals surface area contributed by atoms with E-state index in [9.17, 15) is 36.5 Å². The molecule has 0 N–H and O–H groups in total. The number of hydrogen-bond donors (Lipinski definition) is 0. The summed E-state index contributed by atoms with van der Waals surface area (Å²) in [7, 11) is 0. The molecular formula is C20H9Cl2F6NO6. The fraction of sp³-hybridized carbons (Fsp3) is 0.100. The van der Waals surface area contributed by atoms with Crippen LogP contribution in [0.3, 0.4) is 0 Å². The van der Waals surface area contributed by atoms with E-state index in [2.05, 4.69) is 9.47 Å². The van der Waals surface area contributed by atoms with Crippen molar-refractivity contribution in [2.45, 2.75) is 12.7 Å². The molecule has 15 heteroatoms. The minimum Gasteiger partial charge on any atom is -0.456 e. The number of nitro groups is 1. The maximum atomic E-state index is 12.4. The topological polar surface area (TPSA) is 80.1 Å². The number of halogens is 8. The summed E-state index contributed by atoms with van der Waals surface area (Å²) in [5, 5.41) is 10.7. The van der Waals surface area contributed by atoms with E-state index < -0.39 is 40.6 Å². The minimum atomic E-state index is -4.96. The molecule has 0 saturated heterocycles. The number of hydrogen-bond acceptors (Lipinski definition) is 6. The lowest BCUT2D eigenvalue weighted by atomic mass is 10.2. The van der Waals surface area contributed by atoms with Crippen LogP contribution in [0.2, 0.25) is 10.0 Å². The van der Waals surface area contributed by atoms with Gasteiger partial charge in [0, 0.05) is 24.3 Å². The normalized spacial score (nSPS) is 11.7. The molecule has 0 aliphatic rings. The van der Waals surface area contributed by atoms with Gasteiger partial charge in [0.05, 0.1) is 15.0 Å². The quantitative estimate of drug-likeness (QED) is 0.169. The van der Waals surface area contributed by atoms with E-state index in [-0.39, 0.29) is 27.3 Å². The van der Waals surface area contributed by atoms with Crippen molar-refractivity contribution in [1.82, 2.24) is 0 Å². The largest absolute Gasteiger partial charge is 0.573 e. The van der Waals surface area contributed by atoms with Gasteiger partial charge in [-0.1, -0.05) is 23.2 Å². The fourth-order valence-electron chi connectivity index (χ4n) is 2.56. The SMILES string of the molecule is O=[N+]([O-])c1ccc(Oc2ccc(OC(F)(F)F)cc2Cl)cc1Oc1ccc(OC(F)(F)F)cc1Cl. The summed E-state index contributed by atoms with van der Waals surface area (Å²) in [5.41, 5.74) is -0.552. The van der Waals surface area contributed by atoms with Crippen molar-refractivity contribution in [3.05, 3.63) is 74.8 Å². The Labute approximate surface area is 201 Å². The van der Waals surface area contributed by atoms with Gasteiger partial charge in [0.15, 0.2) is 0 Å². The zero-order valence-electron chi connectivity index (χ0n) is 16.6. The highest BCUT2D eigenvalue weighted by atomic mass is 35.5. The van der Waals surface area contributed by atoms with E-state index in [0.717, 1.165) is 54.6 Å². The predicted octanol–water partition coefficient (Wildman–Crippen LogP) is 8.28. The van der Waals surface area contributed by atoms with Crippen LogP contribution in [0.1, 0.15) is 0 Å². The summed E-state index contributed by atoms with van der Waals surface area (Å²) < 4.78 is 92.4. The zero-order valence-corrected chi connectivity index (χ0v) is 18.1. The van der Waals surface area contributed by atoms with Crippen LogP contribution in [0.25, 0.3) is 0 Å². The highest BCUT2D eigenvalue weighted by Crippen LogP contribution is 2.41. The summed E-state index contributed by atoms with van der Waals surface area (Å²) in [5.74, 6) is -2.10. The molecule has 35 heavy (non-hydrogen) atoms. The Bertz CT molecular complexity index is 1250. The number of nitrogens with zero attached hydrogens (tertiary/aromatic N) is 1. The van der Waals surface area contributed by atoms with Gasteiger partial charge in [0.1, 0.15) is 28.7 Å². The first kappa shape index (κ1) is 26.0. The molecule has 186 valence electrons. The number of alkyl halides is 6. The lowest BCUT2D eigenvalue weighted by Gasteiger charge is -2.14. The van der Waals surface area contributed by atoms with Crippen molar-refractivity contribution in [1.29, 1.82) is 0 Å². The van der Waals surface area contributed by atoms with Crippen molar-refractivity contribution in [3.63, 3.8) is 0 Å². The van der Waals surface area contributed by atoms with Crippen LogP contribution < -0.4 is 18.9 Å². The van der Waals surface area contributed by atoms with E-state index in [4.69, 9.17) is 32.7 Å². The van der Waals surface area contributed by atoms with Gasteiger partial charge in [0.2, 0.25) is 5.75 Å². The Morgan fingerprint density at radius 1 is 0.657 bits per heavy atom. The maximum absolute atomic E-state index is 12.4. The van der Waals surface area contributed by atoms with Gasteiger partial charge in [-0.3, -0.25) is 10.1 Å². The van der Waals surface area contributed by atoms with E-state index in [1.807, 2.05) is 0 Å². The van der Waals surface area contributed by atoms with Gasteiger partial charge in [0.25, 0.3) is 0 Å². The lowest BCUT2D eigenvalue weighted by molar-refractivity contribution is -0.385. The molecule has 0 saturated carbocycles. The van der Waals surface area contributed by atoms with Crippen molar-refractivity contribution >= 4 is 28.9 Å². The molecule has 7 nitrogen and oxygen atoms in total. The molecule has 0 radical (unpaired) electrons. The number of ether oxygens (including phenoxy) is 4. The lowest BCUT2D eigenvalue weighted by Crippen LogP contribution is -2.17. The number of benzene rings is 3. The molecule has 0 amide bonds. The third-order valence-electron chi connectivity index (χ3n) is 3.85. The van der Waals surface area contributed by atoms with E-state index in [1.54, 1.807) is 0 Å².